The topological polar surface area (TPSA) is 47.6 Å². The molecule has 0 aliphatic rings. The summed E-state index contributed by atoms with van der Waals surface area (Å²) in [6, 6.07) is 10.1. The molecule has 0 heterocycles. The lowest BCUT2D eigenvalue weighted by atomic mass is 10.2. The molecule has 0 aliphatic carbocycles. The molecule has 1 amide bonds. The third-order valence-electron chi connectivity index (χ3n) is 2.94. The van der Waals surface area contributed by atoms with E-state index in [1.807, 2.05) is 0 Å². The number of rotatable bonds is 6. The number of benzene rings is 2. The van der Waals surface area contributed by atoms with Gasteiger partial charge >= 0.3 is 0 Å². The van der Waals surface area contributed by atoms with Crippen LogP contribution in [0.15, 0.2) is 40.9 Å². The van der Waals surface area contributed by atoms with Crippen molar-refractivity contribution in [2.24, 2.45) is 0 Å². The van der Waals surface area contributed by atoms with E-state index in [-0.39, 0.29) is 5.91 Å². The minimum absolute atomic E-state index is 0.316. The summed E-state index contributed by atoms with van der Waals surface area (Å²) in [6.07, 6.45) is 0. The standard InChI is InChI=1S/C16H14BrCl2NO3/c1-22-7-8-23-14-6-5-10(9-11(14)17)16(21)20-15-12(18)3-2-4-13(15)19/h2-6,9H,7-8H2,1H3,(H,20,21). The van der Waals surface area contributed by atoms with E-state index in [1.165, 1.54) is 0 Å². The Morgan fingerprint density at radius 1 is 1.17 bits per heavy atom. The first-order valence-electron chi connectivity index (χ1n) is 6.69. The van der Waals surface area contributed by atoms with Crippen molar-refractivity contribution in [3.05, 3.63) is 56.5 Å². The zero-order valence-electron chi connectivity index (χ0n) is 12.2. The van der Waals surface area contributed by atoms with Crippen molar-refractivity contribution in [3.8, 4) is 5.75 Å². The zero-order valence-corrected chi connectivity index (χ0v) is 15.3. The van der Waals surface area contributed by atoms with Crippen LogP contribution in [0, 0.1) is 0 Å². The Morgan fingerprint density at radius 2 is 1.87 bits per heavy atom. The second kappa shape index (κ2) is 8.55. The van der Waals surface area contributed by atoms with Crippen LogP contribution < -0.4 is 10.1 Å². The van der Waals surface area contributed by atoms with Gasteiger partial charge in [-0.05, 0) is 46.3 Å². The minimum Gasteiger partial charge on any atom is -0.490 e. The van der Waals surface area contributed by atoms with E-state index >= 15 is 0 Å². The Balaban J connectivity index is 2.12. The lowest BCUT2D eigenvalue weighted by molar-refractivity contribution is 0.102. The monoisotopic (exact) mass is 417 g/mol. The minimum atomic E-state index is -0.316. The van der Waals surface area contributed by atoms with Gasteiger partial charge in [0.05, 0.1) is 26.8 Å². The Morgan fingerprint density at radius 3 is 2.48 bits per heavy atom. The van der Waals surface area contributed by atoms with Crippen molar-refractivity contribution in [1.82, 2.24) is 0 Å². The van der Waals surface area contributed by atoms with E-state index in [0.29, 0.717) is 44.7 Å². The van der Waals surface area contributed by atoms with Gasteiger partial charge in [0, 0.05) is 12.7 Å². The number of para-hydroxylation sites is 1. The third-order valence-corrected chi connectivity index (χ3v) is 4.19. The number of hydrogen-bond acceptors (Lipinski definition) is 3. The Kier molecular flexibility index (Phi) is 6.72. The van der Waals surface area contributed by atoms with Gasteiger partial charge in [-0.15, -0.1) is 0 Å². The van der Waals surface area contributed by atoms with Gasteiger partial charge < -0.3 is 14.8 Å². The summed E-state index contributed by atoms with van der Waals surface area (Å²) >= 11 is 15.5. The van der Waals surface area contributed by atoms with Crippen molar-refractivity contribution in [2.45, 2.75) is 0 Å². The molecule has 0 aromatic heterocycles. The van der Waals surface area contributed by atoms with Gasteiger partial charge in [-0.3, -0.25) is 4.79 Å². The van der Waals surface area contributed by atoms with Crippen LogP contribution in [0.2, 0.25) is 10.0 Å². The molecule has 0 unspecified atom stereocenters. The van der Waals surface area contributed by atoms with Crippen LogP contribution in [-0.2, 0) is 4.74 Å². The summed E-state index contributed by atoms with van der Waals surface area (Å²) in [5.74, 6) is 0.318. The highest BCUT2D eigenvalue weighted by atomic mass is 79.9. The molecule has 0 bridgehead atoms. The zero-order chi connectivity index (χ0) is 16.8. The molecular weight excluding hydrogens is 405 g/mol. The fourth-order valence-electron chi connectivity index (χ4n) is 1.80. The number of carbonyl (C=O) groups excluding carboxylic acids is 1. The second-order valence-electron chi connectivity index (χ2n) is 4.54. The number of carbonyl (C=O) groups is 1. The second-order valence-corrected chi connectivity index (χ2v) is 6.21. The van der Waals surface area contributed by atoms with Gasteiger partial charge in [-0.1, -0.05) is 29.3 Å². The number of amides is 1. The number of nitrogens with one attached hydrogen (secondary N) is 1. The predicted octanol–water partition coefficient (Wildman–Crippen LogP) is 5.03. The Labute approximate surface area is 152 Å². The maximum absolute atomic E-state index is 12.3. The predicted molar refractivity (Wildman–Crippen MR) is 95.9 cm³/mol. The van der Waals surface area contributed by atoms with E-state index in [9.17, 15) is 4.79 Å². The van der Waals surface area contributed by atoms with Gasteiger partial charge in [-0.25, -0.2) is 0 Å². The maximum Gasteiger partial charge on any atom is 0.255 e. The average molecular weight is 419 g/mol. The molecule has 0 fully saturated rings. The molecule has 1 N–H and O–H groups in total. The van der Waals surface area contributed by atoms with Crippen LogP contribution in [0.25, 0.3) is 0 Å². The highest BCUT2D eigenvalue weighted by Crippen LogP contribution is 2.31. The fourth-order valence-corrected chi connectivity index (χ4v) is 2.78. The van der Waals surface area contributed by atoms with Gasteiger partial charge in [0.1, 0.15) is 12.4 Å². The lowest BCUT2D eigenvalue weighted by Crippen LogP contribution is -2.13. The quantitative estimate of drug-likeness (QED) is 0.669. The van der Waals surface area contributed by atoms with Gasteiger partial charge in [-0.2, -0.15) is 0 Å². The van der Waals surface area contributed by atoms with Crippen molar-refractivity contribution in [2.75, 3.05) is 25.6 Å². The number of hydrogen-bond donors (Lipinski definition) is 1. The number of anilines is 1. The summed E-state index contributed by atoms with van der Waals surface area (Å²) < 4.78 is 11.1. The first kappa shape index (κ1) is 18.1. The van der Waals surface area contributed by atoms with Crippen LogP contribution in [0.4, 0.5) is 5.69 Å². The number of methoxy groups -OCH3 is 1. The van der Waals surface area contributed by atoms with E-state index < -0.39 is 0 Å². The third kappa shape index (κ3) is 4.85. The average Bonchev–Trinajstić information content (AvgIpc) is 2.52. The van der Waals surface area contributed by atoms with Crippen LogP contribution in [0.1, 0.15) is 10.4 Å². The van der Waals surface area contributed by atoms with Crippen molar-refractivity contribution >= 4 is 50.7 Å². The molecule has 23 heavy (non-hydrogen) atoms. The van der Waals surface area contributed by atoms with Crippen molar-refractivity contribution in [1.29, 1.82) is 0 Å². The molecule has 0 radical (unpaired) electrons. The van der Waals surface area contributed by atoms with Gasteiger partial charge in [0.2, 0.25) is 0 Å². The fraction of sp³-hybridized carbons (Fsp3) is 0.188. The molecule has 4 nitrogen and oxygen atoms in total. The molecular formula is C16H14BrCl2NO3. The molecule has 2 rings (SSSR count). The summed E-state index contributed by atoms with van der Waals surface area (Å²) in [6.45, 7) is 0.912. The molecule has 0 spiro atoms. The van der Waals surface area contributed by atoms with Crippen molar-refractivity contribution in [3.63, 3.8) is 0 Å². The first-order valence-corrected chi connectivity index (χ1v) is 8.24. The van der Waals surface area contributed by atoms with Crippen LogP contribution >= 0.6 is 39.1 Å². The van der Waals surface area contributed by atoms with E-state index in [2.05, 4.69) is 21.2 Å². The maximum atomic E-state index is 12.3. The molecule has 2 aromatic carbocycles. The molecule has 0 saturated heterocycles. The molecule has 122 valence electrons. The number of ether oxygens (including phenoxy) is 2. The van der Waals surface area contributed by atoms with Gasteiger partial charge in [0.25, 0.3) is 5.91 Å². The summed E-state index contributed by atoms with van der Waals surface area (Å²) in [5, 5.41) is 3.47. The van der Waals surface area contributed by atoms with E-state index in [0.717, 1.165) is 0 Å². The summed E-state index contributed by atoms with van der Waals surface area (Å²) in [7, 11) is 1.60. The highest BCUT2D eigenvalue weighted by Gasteiger charge is 2.13. The Bertz CT molecular complexity index is 689. The molecule has 2 aromatic rings. The van der Waals surface area contributed by atoms with E-state index in [4.69, 9.17) is 32.7 Å². The molecule has 0 saturated carbocycles. The number of halogens is 3. The summed E-state index contributed by atoms with van der Waals surface area (Å²) in [5.41, 5.74) is 0.837. The molecule has 7 heteroatoms. The van der Waals surface area contributed by atoms with Crippen LogP contribution in [0.3, 0.4) is 0 Å². The molecule has 0 atom stereocenters. The highest BCUT2D eigenvalue weighted by molar-refractivity contribution is 9.10. The van der Waals surface area contributed by atoms with Crippen LogP contribution in [0.5, 0.6) is 5.75 Å². The van der Waals surface area contributed by atoms with Crippen molar-refractivity contribution < 1.29 is 14.3 Å². The van der Waals surface area contributed by atoms with E-state index in [1.54, 1.807) is 43.5 Å². The lowest BCUT2D eigenvalue weighted by Gasteiger charge is -2.11. The van der Waals surface area contributed by atoms with Crippen LogP contribution in [-0.4, -0.2) is 26.2 Å². The molecule has 0 aliphatic heterocycles. The smallest absolute Gasteiger partial charge is 0.255 e. The van der Waals surface area contributed by atoms with Gasteiger partial charge in [0.15, 0.2) is 0 Å². The first-order chi connectivity index (χ1) is 11.0. The largest absolute Gasteiger partial charge is 0.490 e. The normalized spacial score (nSPS) is 10.4. The SMILES string of the molecule is COCCOc1ccc(C(=O)Nc2c(Cl)cccc2Cl)cc1Br. The Hall–Kier alpha value is -1.27. The summed E-state index contributed by atoms with van der Waals surface area (Å²) in [4.78, 5) is 12.3.